The fourth-order valence-electron chi connectivity index (χ4n) is 2.89. The third kappa shape index (κ3) is 3.03. The van der Waals surface area contributed by atoms with Crippen LogP contribution in [0.25, 0.3) is 22.4 Å². The van der Waals surface area contributed by atoms with Gasteiger partial charge >= 0.3 is 0 Å². The van der Waals surface area contributed by atoms with E-state index in [1.54, 1.807) is 18.2 Å². The Labute approximate surface area is 151 Å². The highest BCUT2D eigenvalue weighted by atomic mass is 19.1. The predicted molar refractivity (Wildman–Crippen MR) is 95.0 cm³/mol. The summed E-state index contributed by atoms with van der Waals surface area (Å²) in [4.78, 5) is 8.09. The molecule has 0 radical (unpaired) electrons. The molecular weight excluding hydrogens is 357 g/mol. The Balaban J connectivity index is 1.96. The SMILES string of the molecule is Nc1cc(N)nc(-c2nn(Cc3ccccc3F)c3c(F)cc(F)cc23)n1. The number of fused-ring (bicyclic) bond motifs is 1. The molecule has 0 aliphatic carbocycles. The average molecular weight is 370 g/mol. The third-order valence-corrected chi connectivity index (χ3v) is 4.02. The van der Waals surface area contributed by atoms with Gasteiger partial charge in [0.25, 0.3) is 0 Å². The molecule has 0 unspecified atom stereocenters. The van der Waals surface area contributed by atoms with E-state index in [2.05, 4.69) is 15.1 Å². The van der Waals surface area contributed by atoms with E-state index in [0.29, 0.717) is 5.56 Å². The summed E-state index contributed by atoms with van der Waals surface area (Å²) in [6, 6.07) is 9.25. The van der Waals surface area contributed by atoms with Crippen LogP contribution in [0.15, 0.2) is 42.5 Å². The monoisotopic (exact) mass is 370 g/mol. The van der Waals surface area contributed by atoms with Crippen LogP contribution >= 0.6 is 0 Å². The molecular formula is C18H13F3N6. The van der Waals surface area contributed by atoms with Crippen molar-refractivity contribution < 1.29 is 13.2 Å². The molecule has 0 amide bonds. The van der Waals surface area contributed by atoms with E-state index in [1.165, 1.54) is 16.8 Å². The lowest BCUT2D eigenvalue weighted by Gasteiger charge is -2.05. The van der Waals surface area contributed by atoms with Crippen LogP contribution in [0.1, 0.15) is 5.56 Å². The second kappa shape index (κ2) is 6.27. The van der Waals surface area contributed by atoms with E-state index in [-0.39, 0.29) is 40.6 Å². The Hall–Kier alpha value is -3.62. The summed E-state index contributed by atoms with van der Waals surface area (Å²) in [7, 11) is 0. The van der Waals surface area contributed by atoms with Crippen molar-refractivity contribution in [2.75, 3.05) is 11.5 Å². The van der Waals surface area contributed by atoms with E-state index >= 15 is 0 Å². The van der Waals surface area contributed by atoms with Crippen LogP contribution in [-0.2, 0) is 6.54 Å². The number of nitrogens with two attached hydrogens (primary N) is 2. The van der Waals surface area contributed by atoms with E-state index in [0.717, 1.165) is 12.1 Å². The summed E-state index contributed by atoms with van der Waals surface area (Å²) in [5, 5.41) is 4.42. The molecule has 2 aromatic heterocycles. The summed E-state index contributed by atoms with van der Waals surface area (Å²) in [6.07, 6.45) is 0. The lowest BCUT2D eigenvalue weighted by Crippen LogP contribution is -2.05. The average Bonchev–Trinajstić information content (AvgIpc) is 2.94. The molecule has 0 fully saturated rings. The van der Waals surface area contributed by atoms with Crippen LogP contribution in [0, 0.1) is 17.5 Å². The van der Waals surface area contributed by atoms with E-state index in [9.17, 15) is 13.2 Å². The number of nitrogen functional groups attached to an aromatic ring is 2. The quantitative estimate of drug-likeness (QED) is 0.578. The van der Waals surface area contributed by atoms with Gasteiger partial charge in [0.05, 0.1) is 6.54 Å². The van der Waals surface area contributed by atoms with Crippen molar-refractivity contribution in [1.29, 1.82) is 0 Å². The Morgan fingerprint density at radius 1 is 0.889 bits per heavy atom. The molecule has 9 heteroatoms. The number of hydrogen-bond acceptors (Lipinski definition) is 5. The molecule has 4 rings (SSSR count). The van der Waals surface area contributed by atoms with Gasteiger partial charge in [-0.05, 0) is 12.1 Å². The Bertz CT molecular complexity index is 1150. The highest BCUT2D eigenvalue weighted by Crippen LogP contribution is 2.30. The van der Waals surface area contributed by atoms with Crippen molar-refractivity contribution in [3.8, 4) is 11.5 Å². The van der Waals surface area contributed by atoms with Gasteiger partial charge in [-0.3, -0.25) is 4.68 Å². The molecule has 136 valence electrons. The number of nitrogens with zero attached hydrogens (tertiary/aromatic N) is 4. The highest BCUT2D eigenvalue weighted by Gasteiger charge is 2.20. The zero-order chi connectivity index (χ0) is 19.1. The second-order valence-electron chi connectivity index (χ2n) is 5.92. The van der Waals surface area contributed by atoms with Gasteiger partial charge in [-0.2, -0.15) is 5.10 Å². The smallest absolute Gasteiger partial charge is 0.184 e. The van der Waals surface area contributed by atoms with Crippen LogP contribution in [0.3, 0.4) is 0 Å². The maximum Gasteiger partial charge on any atom is 0.184 e. The molecule has 4 N–H and O–H groups in total. The standard InChI is InChI=1S/C18H13F3N6/c19-10-5-11-16(18-24-14(22)7-15(23)25-18)26-27(17(11)13(21)6-10)8-9-3-1-2-4-12(9)20/h1-7H,8H2,(H4,22,23,24,25). The fourth-order valence-corrected chi connectivity index (χ4v) is 2.89. The summed E-state index contributed by atoms with van der Waals surface area (Å²) >= 11 is 0. The lowest BCUT2D eigenvalue weighted by molar-refractivity contribution is 0.572. The Kier molecular flexibility index (Phi) is 3.91. The van der Waals surface area contributed by atoms with Crippen LogP contribution in [-0.4, -0.2) is 19.7 Å². The lowest BCUT2D eigenvalue weighted by atomic mass is 10.1. The van der Waals surface area contributed by atoms with Crippen LogP contribution < -0.4 is 11.5 Å². The minimum atomic E-state index is -0.836. The predicted octanol–water partition coefficient (Wildman–Crippen LogP) is 3.12. The number of hydrogen-bond donors (Lipinski definition) is 2. The van der Waals surface area contributed by atoms with Gasteiger partial charge in [0.15, 0.2) is 11.6 Å². The van der Waals surface area contributed by atoms with Crippen molar-refractivity contribution in [3.63, 3.8) is 0 Å². The molecule has 0 saturated carbocycles. The first kappa shape index (κ1) is 16.8. The van der Waals surface area contributed by atoms with E-state index in [1.807, 2.05) is 0 Å². The number of anilines is 2. The molecule has 0 aliphatic heterocycles. The molecule has 2 aromatic carbocycles. The zero-order valence-corrected chi connectivity index (χ0v) is 13.8. The summed E-state index contributed by atoms with van der Waals surface area (Å²) in [5.74, 6) is -1.89. The van der Waals surface area contributed by atoms with Crippen molar-refractivity contribution in [2.45, 2.75) is 6.54 Å². The third-order valence-electron chi connectivity index (χ3n) is 4.02. The fraction of sp³-hybridized carbons (Fsp3) is 0.0556. The first-order valence-corrected chi connectivity index (χ1v) is 7.92. The molecule has 6 nitrogen and oxygen atoms in total. The maximum absolute atomic E-state index is 14.5. The normalized spacial score (nSPS) is 11.2. The summed E-state index contributed by atoms with van der Waals surface area (Å²) < 4.78 is 43.6. The Morgan fingerprint density at radius 3 is 2.30 bits per heavy atom. The van der Waals surface area contributed by atoms with Crippen molar-refractivity contribution >= 4 is 22.5 Å². The van der Waals surface area contributed by atoms with Crippen LogP contribution in [0.2, 0.25) is 0 Å². The second-order valence-corrected chi connectivity index (χ2v) is 5.92. The number of aromatic nitrogens is 4. The molecule has 27 heavy (non-hydrogen) atoms. The largest absolute Gasteiger partial charge is 0.384 e. The van der Waals surface area contributed by atoms with Gasteiger partial charge in [0.2, 0.25) is 0 Å². The summed E-state index contributed by atoms with van der Waals surface area (Å²) in [5.41, 5.74) is 11.8. The zero-order valence-electron chi connectivity index (χ0n) is 13.8. The number of benzene rings is 2. The topological polar surface area (TPSA) is 95.6 Å². The minimum absolute atomic E-state index is 0.000695. The van der Waals surface area contributed by atoms with E-state index in [4.69, 9.17) is 11.5 Å². The van der Waals surface area contributed by atoms with Gasteiger partial charge in [0.1, 0.15) is 34.5 Å². The van der Waals surface area contributed by atoms with Gasteiger partial charge < -0.3 is 11.5 Å². The molecule has 0 atom stereocenters. The first-order chi connectivity index (χ1) is 12.9. The first-order valence-electron chi connectivity index (χ1n) is 7.92. The highest BCUT2D eigenvalue weighted by molar-refractivity contribution is 5.92. The van der Waals surface area contributed by atoms with Gasteiger partial charge in [-0.25, -0.2) is 23.1 Å². The number of halogens is 3. The molecule has 0 saturated heterocycles. The van der Waals surface area contributed by atoms with Crippen molar-refractivity contribution in [2.24, 2.45) is 0 Å². The molecule has 0 spiro atoms. The van der Waals surface area contributed by atoms with Gasteiger partial charge in [-0.15, -0.1) is 0 Å². The summed E-state index contributed by atoms with van der Waals surface area (Å²) in [6.45, 7) is -0.0659. The van der Waals surface area contributed by atoms with Gasteiger partial charge in [0, 0.05) is 23.1 Å². The molecule has 2 heterocycles. The number of rotatable bonds is 3. The Morgan fingerprint density at radius 2 is 1.59 bits per heavy atom. The van der Waals surface area contributed by atoms with Crippen molar-refractivity contribution in [3.05, 3.63) is 65.5 Å². The van der Waals surface area contributed by atoms with E-state index < -0.39 is 17.5 Å². The van der Waals surface area contributed by atoms with Crippen molar-refractivity contribution in [1.82, 2.24) is 19.7 Å². The maximum atomic E-state index is 14.5. The molecule has 0 bridgehead atoms. The van der Waals surface area contributed by atoms with Crippen LogP contribution in [0.5, 0.6) is 0 Å². The molecule has 4 aromatic rings. The molecule has 0 aliphatic rings. The van der Waals surface area contributed by atoms with Crippen LogP contribution in [0.4, 0.5) is 24.8 Å². The van der Waals surface area contributed by atoms with Gasteiger partial charge in [-0.1, -0.05) is 18.2 Å². The minimum Gasteiger partial charge on any atom is -0.384 e.